The molecule has 0 spiro atoms. The molecule has 0 unspecified atom stereocenters. The highest BCUT2D eigenvalue weighted by Crippen LogP contribution is 2.33. The van der Waals surface area contributed by atoms with E-state index >= 15 is 0 Å². The number of aryl methyl sites for hydroxylation is 2. The minimum Gasteiger partial charge on any atom is -0.338 e. The van der Waals surface area contributed by atoms with Crippen LogP contribution in [0, 0.1) is 13.8 Å². The summed E-state index contributed by atoms with van der Waals surface area (Å²) in [7, 11) is -3.93. The van der Waals surface area contributed by atoms with Crippen LogP contribution in [0.15, 0.2) is 82.2 Å². The zero-order valence-corrected chi connectivity index (χ0v) is 24.4. The number of benzene rings is 4. The molecule has 196 valence electrons. The maximum absolute atomic E-state index is 14.0. The molecule has 5 nitrogen and oxygen atoms in total. The van der Waals surface area contributed by atoms with Crippen molar-refractivity contribution < 1.29 is 13.2 Å². The first-order chi connectivity index (χ1) is 18.1. The lowest BCUT2D eigenvalue weighted by Crippen LogP contribution is -2.39. The number of anilines is 1. The van der Waals surface area contributed by atoms with Gasteiger partial charge in [0.15, 0.2) is 0 Å². The van der Waals surface area contributed by atoms with Crippen LogP contribution >= 0.6 is 27.5 Å². The average Bonchev–Trinajstić information content (AvgIpc) is 2.89. The summed E-state index contributed by atoms with van der Waals surface area (Å²) in [5, 5.41) is 2.43. The molecule has 1 aliphatic rings. The predicted molar refractivity (Wildman–Crippen MR) is 157 cm³/mol. The number of amides is 1. The number of hydrogen-bond donors (Lipinski definition) is 0. The molecule has 38 heavy (non-hydrogen) atoms. The summed E-state index contributed by atoms with van der Waals surface area (Å²) in [6.07, 6.45) is 0.792. The van der Waals surface area contributed by atoms with Gasteiger partial charge in [-0.2, -0.15) is 0 Å². The van der Waals surface area contributed by atoms with Crippen LogP contribution in [0.1, 0.15) is 28.7 Å². The van der Waals surface area contributed by atoms with Gasteiger partial charge in [0.25, 0.3) is 10.0 Å². The molecule has 1 heterocycles. The topological polar surface area (TPSA) is 57.7 Å². The van der Waals surface area contributed by atoms with Crippen LogP contribution in [-0.2, 0) is 27.8 Å². The Morgan fingerprint density at radius 1 is 0.974 bits per heavy atom. The normalized spacial score (nSPS) is 13.4. The third-order valence-corrected chi connectivity index (χ3v) is 10.3. The number of carbonyl (C=O) groups is 1. The van der Waals surface area contributed by atoms with Gasteiger partial charge in [-0.25, -0.2) is 8.42 Å². The predicted octanol–water partition coefficient (Wildman–Crippen LogP) is 7.04. The molecule has 0 aliphatic carbocycles. The van der Waals surface area contributed by atoms with Crippen molar-refractivity contribution in [2.24, 2.45) is 0 Å². The van der Waals surface area contributed by atoms with Crippen molar-refractivity contribution in [3.05, 3.63) is 105 Å². The van der Waals surface area contributed by atoms with E-state index < -0.39 is 10.0 Å². The number of sulfonamides is 1. The smallest absolute Gasteiger partial charge is 0.264 e. The molecule has 4 aromatic carbocycles. The zero-order valence-electron chi connectivity index (χ0n) is 21.2. The van der Waals surface area contributed by atoms with Gasteiger partial charge in [0.2, 0.25) is 5.91 Å². The van der Waals surface area contributed by atoms with Crippen molar-refractivity contribution in [2.75, 3.05) is 17.4 Å². The highest BCUT2D eigenvalue weighted by atomic mass is 79.9. The van der Waals surface area contributed by atoms with E-state index in [4.69, 9.17) is 11.6 Å². The van der Waals surface area contributed by atoms with E-state index in [1.165, 1.54) is 9.87 Å². The van der Waals surface area contributed by atoms with E-state index in [1.807, 2.05) is 74.5 Å². The Bertz CT molecular complexity index is 1630. The molecule has 0 bridgehead atoms. The minimum absolute atomic E-state index is 0.0387. The highest BCUT2D eigenvalue weighted by Gasteiger charge is 2.28. The first-order valence-corrected chi connectivity index (χ1v) is 15.1. The van der Waals surface area contributed by atoms with Gasteiger partial charge < -0.3 is 4.90 Å². The fourth-order valence-electron chi connectivity index (χ4n) is 5.07. The van der Waals surface area contributed by atoms with Crippen LogP contribution in [0.5, 0.6) is 0 Å². The Balaban J connectivity index is 1.44. The summed E-state index contributed by atoms with van der Waals surface area (Å²) in [6.45, 7) is 4.95. The van der Waals surface area contributed by atoms with Gasteiger partial charge in [-0.15, -0.1) is 0 Å². The summed E-state index contributed by atoms with van der Waals surface area (Å²) in [5.74, 6) is -0.0920. The second-order valence-electron chi connectivity index (χ2n) is 9.75. The lowest BCUT2D eigenvalue weighted by atomic mass is 9.99. The summed E-state index contributed by atoms with van der Waals surface area (Å²) in [5.41, 5.74) is 4.65. The van der Waals surface area contributed by atoms with Gasteiger partial charge in [-0.1, -0.05) is 54.1 Å². The van der Waals surface area contributed by atoms with Crippen molar-refractivity contribution in [3.8, 4) is 0 Å². The Hall–Kier alpha value is -2.87. The van der Waals surface area contributed by atoms with Crippen molar-refractivity contribution >= 4 is 59.9 Å². The highest BCUT2D eigenvalue weighted by molar-refractivity contribution is 9.10. The summed E-state index contributed by atoms with van der Waals surface area (Å²) in [4.78, 5) is 15.4. The maximum Gasteiger partial charge on any atom is 0.264 e. The van der Waals surface area contributed by atoms with Crippen molar-refractivity contribution in [1.29, 1.82) is 0 Å². The van der Waals surface area contributed by atoms with E-state index in [2.05, 4.69) is 15.9 Å². The second kappa shape index (κ2) is 10.7. The average molecular weight is 612 g/mol. The van der Waals surface area contributed by atoms with Gasteiger partial charge in [0, 0.05) is 30.5 Å². The fourth-order valence-corrected chi connectivity index (χ4v) is 7.24. The second-order valence-corrected chi connectivity index (χ2v) is 12.8. The van der Waals surface area contributed by atoms with Crippen molar-refractivity contribution in [1.82, 2.24) is 4.90 Å². The monoisotopic (exact) mass is 610 g/mol. The maximum atomic E-state index is 14.0. The van der Waals surface area contributed by atoms with Crippen LogP contribution in [0.25, 0.3) is 10.8 Å². The van der Waals surface area contributed by atoms with Crippen LogP contribution in [0.3, 0.4) is 0 Å². The number of carbonyl (C=O) groups excluding carboxylic acids is 1. The molecule has 1 amide bonds. The van der Waals surface area contributed by atoms with Crippen LogP contribution < -0.4 is 4.31 Å². The first-order valence-electron chi connectivity index (χ1n) is 12.5. The molecule has 0 N–H and O–H groups in total. The van der Waals surface area contributed by atoms with Gasteiger partial charge in [-0.3, -0.25) is 9.10 Å². The number of nitrogens with zero attached hydrogens (tertiary/aromatic N) is 2. The number of hydrogen-bond acceptors (Lipinski definition) is 3. The third kappa shape index (κ3) is 5.33. The quantitative estimate of drug-likeness (QED) is 0.235. The molecule has 0 radical (unpaired) electrons. The molecule has 0 aromatic heterocycles. The number of rotatable bonds is 6. The lowest BCUT2D eigenvalue weighted by molar-refractivity contribution is -0.131. The Morgan fingerprint density at radius 3 is 2.42 bits per heavy atom. The molecule has 0 fully saturated rings. The van der Waals surface area contributed by atoms with E-state index in [0.717, 1.165) is 38.4 Å². The molecule has 1 aliphatic heterocycles. The van der Waals surface area contributed by atoms with Crippen LogP contribution in [0.4, 0.5) is 5.69 Å². The van der Waals surface area contributed by atoms with Crippen LogP contribution in [-0.4, -0.2) is 32.3 Å². The molecule has 5 rings (SSSR count). The summed E-state index contributed by atoms with van der Waals surface area (Å²) in [6, 6.07) is 22.4. The summed E-state index contributed by atoms with van der Waals surface area (Å²) < 4.78 is 30.2. The van der Waals surface area contributed by atoms with Crippen molar-refractivity contribution in [2.45, 2.75) is 38.1 Å². The standard InChI is InChI=1S/C30H28BrClN2O3S/c1-20-15-21(2)17-25(16-20)34(38(36,37)26-9-7-22-5-3-4-6-24(22)18-26)14-12-29(35)33-13-11-23-8-10-28(32)30(31)27(23)19-33/h3-10,15-18H,11-14,19H2,1-2H3. The molecule has 0 saturated carbocycles. The first kappa shape index (κ1) is 26.7. The van der Waals surface area contributed by atoms with Crippen molar-refractivity contribution in [3.63, 3.8) is 0 Å². The molecular formula is C30H28BrClN2O3S. The summed E-state index contributed by atoms with van der Waals surface area (Å²) >= 11 is 9.85. The zero-order chi connectivity index (χ0) is 27.0. The largest absolute Gasteiger partial charge is 0.338 e. The molecule has 0 saturated heterocycles. The van der Waals surface area contributed by atoms with Gasteiger partial charge in [-0.05, 0) is 99.6 Å². The molecular weight excluding hydrogens is 584 g/mol. The SMILES string of the molecule is Cc1cc(C)cc(N(CCC(=O)N2CCc3ccc(Cl)c(Br)c3C2)S(=O)(=O)c2ccc3ccccc3c2)c1. The number of halogens is 2. The van der Waals surface area contributed by atoms with E-state index in [9.17, 15) is 13.2 Å². The van der Waals surface area contributed by atoms with E-state index in [1.54, 1.807) is 17.0 Å². The molecule has 0 atom stereocenters. The third-order valence-electron chi connectivity index (χ3n) is 6.98. The Labute approximate surface area is 237 Å². The van der Waals surface area contributed by atoms with Gasteiger partial charge in [0.05, 0.1) is 15.6 Å². The van der Waals surface area contributed by atoms with Gasteiger partial charge >= 0.3 is 0 Å². The van der Waals surface area contributed by atoms with Crippen LogP contribution in [0.2, 0.25) is 5.02 Å². The Kier molecular flexibility index (Phi) is 7.54. The Morgan fingerprint density at radius 2 is 1.68 bits per heavy atom. The molecule has 4 aromatic rings. The molecule has 8 heteroatoms. The van der Waals surface area contributed by atoms with E-state index in [0.29, 0.717) is 23.8 Å². The minimum atomic E-state index is -3.93. The van der Waals surface area contributed by atoms with E-state index in [-0.39, 0.29) is 23.8 Å². The number of fused-ring (bicyclic) bond motifs is 2. The lowest BCUT2D eigenvalue weighted by Gasteiger charge is -2.31. The fraction of sp³-hybridized carbons (Fsp3) is 0.233. The van der Waals surface area contributed by atoms with Gasteiger partial charge in [0.1, 0.15) is 0 Å².